The van der Waals surface area contributed by atoms with E-state index >= 15 is 0 Å². The Morgan fingerprint density at radius 2 is 1.58 bits per heavy atom. The van der Waals surface area contributed by atoms with E-state index in [4.69, 9.17) is 0 Å². The number of nitrogens with zero attached hydrogens (tertiary/aromatic N) is 2. The third-order valence-electron chi connectivity index (χ3n) is 5.38. The number of piperazine rings is 1. The summed E-state index contributed by atoms with van der Waals surface area (Å²) >= 11 is 0. The number of benzene rings is 2. The number of rotatable bonds is 2. The maximum atomic E-state index is 13.1. The van der Waals surface area contributed by atoms with Crippen molar-refractivity contribution in [3.8, 4) is 0 Å². The van der Waals surface area contributed by atoms with Gasteiger partial charge in [-0.2, -0.15) is 0 Å². The molecular weight excluding hydrogens is 296 g/mol. The van der Waals surface area contributed by atoms with E-state index in [9.17, 15) is 4.79 Å². The maximum Gasteiger partial charge on any atom is 0.230 e. The fourth-order valence-electron chi connectivity index (χ4n) is 4.05. The van der Waals surface area contributed by atoms with Gasteiger partial charge in [0.05, 0.1) is 5.92 Å². The number of para-hydroxylation sites is 1. The summed E-state index contributed by atoms with van der Waals surface area (Å²) in [6.45, 7) is 3.49. The maximum absolute atomic E-state index is 13.1. The molecule has 0 saturated carbocycles. The molecule has 0 bridgehead atoms. The van der Waals surface area contributed by atoms with Crippen molar-refractivity contribution in [1.29, 1.82) is 0 Å². The van der Waals surface area contributed by atoms with Crippen molar-refractivity contribution in [3.63, 3.8) is 0 Å². The molecule has 3 heteroatoms. The van der Waals surface area contributed by atoms with Crippen LogP contribution in [0.25, 0.3) is 0 Å². The fourth-order valence-corrected chi connectivity index (χ4v) is 4.05. The number of carbonyl (C=O) groups is 1. The van der Waals surface area contributed by atoms with Crippen molar-refractivity contribution in [2.45, 2.75) is 25.2 Å². The smallest absolute Gasteiger partial charge is 0.230 e. The zero-order valence-electron chi connectivity index (χ0n) is 14.0. The first kappa shape index (κ1) is 15.3. The predicted octanol–water partition coefficient (Wildman–Crippen LogP) is 3.46. The number of fused-ring (bicyclic) bond motifs is 1. The second kappa shape index (κ2) is 6.68. The SMILES string of the molecule is O=C(C1CCCc2ccccc21)N1CCN(c2ccccc2)CC1. The first-order chi connectivity index (χ1) is 11.8. The Bertz CT molecular complexity index is 705. The molecule has 0 spiro atoms. The number of anilines is 1. The minimum atomic E-state index is 0.0678. The second-order valence-corrected chi connectivity index (χ2v) is 6.79. The van der Waals surface area contributed by atoms with Crippen molar-refractivity contribution in [3.05, 3.63) is 65.7 Å². The lowest BCUT2D eigenvalue weighted by molar-refractivity contribution is -0.133. The minimum Gasteiger partial charge on any atom is -0.368 e. The van der Waals surface area contributed by atoms with Gasteiger partial charge >= 0.3 is 0 Å². The van der Waals surface area contributed by atoms with Gasteiger partial charge < -0.3 is 9.80 Å². The lowest BCUT2D eigenvalue weighted by atomic mass is 9.82. The van der Waals surface area contributed by atoms with Gasteiger partial charge in [-0.1, -0.05) is 42.5 Å². The molecule has 2 aromatic rings. The molecule has 24 heavy (non-hydrogen) atoms. The molecule has 1 atom stereocenters. The van der Waals surface area contributed by atoms with Crippen LogP contribution in [-0.2, 0) is 11.2 Å². The van der Waals surface area contributed by atoms with Crippen LogP contribution in [0.15, 0.2) is 54.6 Å². The first-order valence-corrected chi connectivity index (χ1v) is 8.99. The first-order valence-electron chi connectivity index (χ1n) is 8.99. The van der Waals surface area contributed by atoms with Crippen LogP contribution in [0.1, 0.15) is 29.9 Å². The molecule has 3 nitrogen and oxygen atoms in total. The summed E-state index contributed by atoms with van der Waals surface area (Å²) in [5, 5.41) is 0. The molecule has 2 aromatic carbocycles. The Kier molecular flexibility index (Phi) is 4.24. The van der Waals surface area contributed by atoms with Crippen molar-refractivity contribution in [1.82, 2.24) is 4.90 Å². The Morgan fingerprint density at radius 3 is 2.38 bits per heavy atom. The summed E-state index contributed by atoms with van der Waals surface area (Å²) in [5.41, 5.74) is 3.89. The highest BCUT2D eigenvalue weighted by molar-refractivity contribution is 5.84. The summed E-state index contributed by atoms with van der Waals surface area (Å²) in [4.78, 5) is 17.5. The monoisotopic (exact) mass is 320 g/mol. The van der Waals surface area contributed by atoms with Crippen LogP contribution in [0.4, 0.5) is 5.69 Å². The molecule has 1 amide bonds. The van der Waals surface area contributed by atoms with E-state index in [1.54, 1.807) is 0 Å². The zero-order valence-corrected chi connectivity index (χ0v) is 14.0. The third kappa shape index (κ3) is 2.91. The van der Waals surface area contributed by atoms with Gasteiger partial charge in [-0.15, -0.1) is 0 Å². The molecule has 4 rings (SSSR count). The van der Waals surface area contributed by atoms with E-state index in [1.165, 1.54) is 16.8 Å². The molecule has 0 radical (unpaired) electrons. The van der Waals surface area contributed by atoms with Crippen LogP contribution in [0, 0.1) is 0 Å². The van der Waals surface area contributed by atoms with Gasteiger partial charge in [0.1, 0.15) is 0 Å². The summed E-state index contributed by atoms with van der Waals surface area (Å²) in [6.07, 6.45) is 3.23. The van der Waals surface area contributed by atoms with Crippen molar-refractivity contribution in [2.75, 3.05) is 31.1 Å². The molecule has 2 aliphatic rings. The van der Waals surface area contributed by atoms with Gasteiger partial charge in [-0.25, -0.2) is 0 Å². The number of hydrogen-bond donors (Lipinski definition) is 0. The van der Waals surface area contributed by atoms with Crippen molar-refractivity contribution in [2.24, 2.45) is 0 Å². The average molecular weight is 320 g/mol. The quantitative estimate of drug-likeness (QED) is 0.846. The van der Waals surface area contributed by atoms with Gasteiger partial charge in [-0.3, -0.25) is 4.79 Å². The molecule has 1 aliphatic heterocycles. The van der Waals surface area contributed by atoms with Gasteiger partial charge in [-0.05, 0) is 42.5 Å². The highest BCUT2D eigenvalue weighted by Crippen LogP contribution is 2.33. The van der Waals surface area contributed by atoms with E-state index in [2.05, 4.69) is 58.3 Å². The zero-order chi connectivity index (χ0) is 16.4. The molecule has 1 unspecified atom stereocenters. The fraction of sp³-hybridized carbons (Fsp3) is 0.381. The summed E-state index contributed by atoms with van der Waals surface area (Å²) in [5.74, 6) is 0.396. The van der Waals surface area contributed by atoms with E-state index in [-0.39, 0.29) is 5.92 Å². The highest BCUT2D eigenvalue weighted by atomic mass is 16.2. The minimum absolute atomic E-state index is 0.0678. The lowest BCUT2D eigenvalue weighted by Crippen LogP contribution is -2.50. The van der Waals surface area contributed by atoms with E-state index in [0.717, 1.165) is 45.4 Å². The predicted molar refractivity (Wildman–Crippen MR) is 97.4 cm³/mol. The van der Waals surface area contributed by atoms with E-state index in [0.29, 0.717) is 5.91 Å². The van der Waals surface area contributed by atoms with Crippen LogP contribution in [0.2, 0.25) is 0 Å². The molecule has 1 heterocycles. The Hall–Kier alpha value is -2.29. The van der Waals surface area contributed by atoms with Gasteiger partial charge in [0.2, 0.25) is 5.91 Å². The second-order valence-electron chi connectivity index (χ2n) is 6.79. The molecule has 124 valence electrons. The van der Waals surface area contributed by atoms with Crippen LogP contribution < -0.4 is 4.90 Å². The number of hydrogen-bond acceptors (Lipinski definition) is 2. The van der Waals surface area contributed by atoms with Gasteiger partial charge in [0, 0.05) is 31.9 Å². The van der Waals surface area contributed by atoms with E-state index < -0.39 is 0 Å². The highest BCUT2D eigenvalue weighted by Gasteiger charge is 2.31. The molecule has 0 N–H and O–H groups in total. The van der Waals surface area contributed by atoms with Crippen LogP contribution in [0.5, 0.6) is 0 Å². The lowest BCUT2D eigenvalue weighted by Gasteiger charge is -2.38. The normalized spacial score (nSPS) is 20.6. The summed E-state index contributed by atoms with van der Waals surface area (Å²) in [7, 11) is 0. The number of amides is 1. The topological polar surface area (TPSA) is 23.6 Å². The summed E-state index contributed by atoms with van der Waals surface area (Å²) in [6, 6.07) is 19.0. The largest absolute Gasteiger partial charge is 0.368 e. The number of carbonyl (C=O) groups excluding carboxylic acids is 1. The van der Waals surface area contributed by atoms with Crippen LogP contribution in [-0.4, -0.2) is 37.0 Å². The van der Waals surface area contributed by atoms with E-state index in [1.807, 2.05) is 6.07 Å². The molecule has 1 fully saturated rings. The molecule has 1 saturated heterocycles. The molecule has 1 aliphatic carbocycles. The number of aryl methyl sites for hydroxylation is 1. The molecular formula is C21H24N2O. The van der Waals surface area contributed by atoms with Gasteiger partial charge in [0.15, 0.2) is 0 Å². The Labute approximate surface area is 143 Å². The average Bonchev–Trinajstić information content (AvgIpc) is 2.68. The molecule has 0 aromatic heterocycles. The standard InChI is InChI=1S/C21H24N2O/c24-21(20-12-6-8-17-7-4-5-11-19(17)20)23-15-13-22(14-16-23)18-9-2-1-3-10-18/h1-5,7,9-11,20H,6,8,12-16H2. The van der Waals surface area contributed by atoms with Crippen molar-refractivity contribution >= 4 is 11.6 Å². The van der Waals surface area contributed by atoms with Crippen LogP contribution >= 0.6 is 0 Å². The van der Waals surface area contributed by atoms with Crippen molar-refractivity contribution < 1.29 is 4.79 Å². The Balaban J connectivity index is 1.44. The summed E-state index contributed by atoms with van der Waals surface area (Å²) < 4.78 is 0. The van der Waals surface area contributed by atoms with Gasteiger partial charge in [0.25, 0.3) is 0 Å². The third-order valence-corrected chi connectivity index (χ3v) is 5.38. The van der Waals surface area contributed by atoms with Crippen LogP contribution in [0.3, 0.4) is 0 Å². The Morgan fingerprint density at radius 1 is 0.875 bits per heavy atom.